The largest absolute Gasteiger partial charge is 0.465 e. The number of ether oxygens (including phenoxy) is 1. The van der Waals surface area contributed by atoms with E-state index in [4.69, 9.17) is 11.6 Å². The molecule has 0 saturated heterocycles. The highest BCUT2D eigenvalue weighted by Gasteiger charge is 2.15. The fraction of sp³-hybridized carbons (Fsp3) is 0.222. The lowest BCUT2D eigenvalue weighted by atomic mass is 10.2. The van der Waals surface area contributed by atoms with Crippen LogP contribution in [0.3, 0.4) is 0 Å². The third-order valence-electron chi connectivity index (χ3n) is 1.79. The van der Waals surface area contributed by atoms with Crippen molar-refractivity contribution in [2.24, 2.45) is 0 Å². The minimum absolute atomic E-state index is 0.0347. The third-order valence-corrected chi connectivity index (χ3v) is 3.48. The summed E-state index contributed by atoms with van der Waals surface area (Å²) < 4.78 is 41.9. The van der Waals surface area contributed by atoms with Crippen LogP contribution < -0.4 is 4.72 Å². The second-order valence-electron chi connectivity index (χ2n) is 3.01. The van der Waals surface area contributed by atoms with Crippen molar-refractivity contribution >= 4 is 33.3 Å². The molecular formula is C9H9ClFNO4S. The predicted octanol–water partition coefficient (Wildman–Crippen LogP) is 1.55. The van der Waals surface area contributed by atoms with Crippen LogP contribution in [0.15, 0.2) is 18.2 Å². The maximum atomic E-state index is 13.2. The lowest BCUT2D eigenvalue weighted by Crippen LogP contribution is -2.14. The van der Waals surface area contributed by atoms with Crippen molar-refractivity contribution in [1.29, 1.82) is 0 Å². The molecule has 1 aromatic carbocycles. The molecule has 0 atom stereocenters. The molecule has 1 rings (SSSR count). The molecule has 0 aromatic heterocycles. The summed E-state index contributed by atoms with van der Waals surface area (Å²) in [5.41, 5.74) is -0.324. The number of hydrogen-bond donors (Lipinski definition) is 1. The molecule has 0 radical (unpaired) electrons. The van der Waals surface area contributed by atoms with Gasteiger partial charge in [-0.25, -0.2) is 17.6 Å². The monoisotopic (exact) mass is 281 g/mol. The van der Waals surface area contributed by atoms with E-state index in [0.29, 0.717) is 0 Å². The first-order valence-corrected chi connectivity index (χ1v) is 6.52. The van der Waals surface area contributed by atoms with E-state index >= 15 is 0 Å². The molecule has 0 unspecified atom stereocenters. The summed E-state index contributed by atoms with van der Waals surface area (Å²) in [5.74, 6) is -1.69. The Morgan fingerprint density at radius 1 is 1.53 bits per heavy atom. The van der Waals surface area contributed by atoms with Gasteiger partial charge in [0.1, 0.15) is 11.0 Å². The molecular weight excluding hydrogens is 273 g/mol. The van der Waals surface area contributed by atoms with Crippen LogP contribution in [0, 0.1) is 5.82 Å². The summed E-state index contributed by atoms with van der Waals surface area (Å²) in [4.78, 5) is 11.2. The Labute approximate surface area is 103 Å². The van der Waals surface area contributed by atoms with Gasteiger partial charge < -0.3 is 4.74 Å². The van der Waals surface area contributed by atoms with E-state index in [1.807, 2.05) is 0 Å². The number of carbonyl (C=O) groups is 1. The summed E-state index contributed by atoms with van der Waals surface area (Å²) in [5, 5.41) is -0.641. The Morgan fingerprint density at radius 2 is 2.18 bits per heavy atom. The molecule has 0 saturated carbocycles. The summed E-state index contributed by atoms with van der Waals surface area (Å²) in [6, 6.07) is 3.16. The van der Waals surface area contributed by atoms with Crippen LogP contribution in [0.25, 0.3) is 0 Å². The maximum Gasteiger partial charge on any atom is 0.340 e. The summed E-state index contributed by atoms with van der Waals surface area (Å²) in [6.45, 7) is 0. The highest BCUT2D eigenvalue weighted by molar-refractivity contribution is 7.93. The van der Waals surface area contributed by atoms with Crippen molar-refractivity contribution in [3.8, 4) is 0 Å². The SMILES string of the molecule is COC(=O)c1cc(NS(=O)(=O)CCl)ccc1F. The Kier molecular flexibility index (Phi) is 4.30. The van der Waals surface area contributed by atoms with Gasteiger partial charge in [0.15, 0.2) is 0 Å². The smallest absolute Gasteiger partial charge is 0.340 e. The van der Waals surface area contributed by atoms with E-state index < -0.39 is 27.0 Å². The van der Waals surface area contributed by atoms with E-state index in [1.54, 1.807) is 0 Å². The first-order valence-electron chi connectivity index (χ1n) is 4.34. The second kappa shape index (κ2) is 5.33. The first kappa shape index (κ1) is 13.7. The van der Waals surface area contributed by atoms with Crippen molar-refractivity contribution in [2.45, 2.75) is 0 Å². The zero-order valence-corrected chi connectivity index (χ0v) is 10.3. The number of halogens is 2. The fourth-order valence-electron chi connectivity index (χ4n) is 1.06. The van der Waals surface area contributed by atoms with E-state index in [0.717, 1.165) is 19.2 Å². The summed E-state index contributed by atoms with van der Waals surface area (Å²) >= 11 is 5.19. The van der Waals surface area contributed by atoms with E-state index in [-0.39, 0.29) is 11.3 Å². The zero-order chi connectivity index (χ0) is 13.1. The van der Waals surface area contributed by atoms with Gasteiger partial charge in [-0.1, -0.05) is 0 Å². The van der Waals surface area contributed by atoms with Crippen molar-refractivity contribution < 1.29 is 22.3 Å². The van der Waals surface area contributed by atoms with Gasteiger partial charge in [0.2, 0.25) is 10.0 Å². The molecule has 0 amide bonds. The number of sulfonamides is 1. The maximum absolute atomic E-state index is 13.2. The van der Waals surface area contributed by atoms with Gasteiger partial charge in [-0.2, -0.15) is 0 Å². The Balaban J connectivity index is 3.09. The molecule has 0 heterocycles. The van der Waals surface area contributed by atoms with Gasteiger partial charge in [0.25, 0.3) is 0 Å². The minimum Gasteiger partial charge on any atom is -0.465 e. The van der Waals surface area contributed by atoms with Crippen LogP contribution in [-0.2, 0) is 14.8 Å². The van der Waals surface area contributed by atoms with Crippen molar-refractivity contribution in [1.82, 2.24) is 0 Å². The van der Waals surface area contributed by atoms with E-state index in [9.17, 15) is 17.6 Å². The number of alkyl halides is 1. The molecule has 94 valence electrons. The Bertz CT molecular complexity index is 532. The molecule has 1 aromatic rings. The molecule has 0 fully saturated rings. The standard InChI is InChI=1S/C9H9ClFNO4S/c1-16-9(13)7-4-6(2-3-8(7)11)12-17(14,15)5-10/h2-4,12H,5H2,1H3. The molecule has 8 heteroatoms. The van der Waals surface area contributed by atoms with Gasteiger partial charge in [0, 0.05) is 5.69 Å². The number of methoxy groups -OCH3 is 1. The number of nitrogens with one attached hydrogen (secondary N) is 1. The molecule has 1 N–H and O–H groups in total. The van der Waals surface area contributed by atoms with E-state index in [1.165, 1.54) is 6.07 Å². The lowest BCUT2D eigenvalue weighted by molar-refractivity contribution is 0.0595. The van der Waals surface area contributed by atoms with Crippen LogP contribution in [-0.4, -0.2) is 26.7 Å². The normalized spacial score (nSPS) is 11.0. The number of benzene rings is 1. The van der Waals surface area contributed by atoms with Gasteiger partial charge in [-0.3, -0.25) is 4.72 Å². The highest BCUT2D eigenvalue weighted by atomic mass is 35.5. The molecule has 0 aliphatic rings. The molecule has 0 aliphatic heterocycles. The number of hydrogen-bond acceptors (Lipinski definition) is 4. The summed E-state index contributed by atoms with van der Waals surface area (Å²) in [6.07, 6.45) is 0. The van der Waals surface area contributed by atoms with Gasteiger partial charge in [0.05, 0.1) is 12.7 Å². The molecule has 0 bridgehead atoms. The molecule has 17 heavy (non-hydrogen) atoms. The first-order chi connectivity index (χ1) is 7.89. The predicted molar refractivity (Wildman–Crippen MR) is 61.0 cm³/mol. The van der Waals surface area contributed by atoms with Crippen molar-refractivity contribution in [3.63, 3.8) is 0 Å². The van der Waals surface area contributed by atoms with Crippen LogP contribution in [0.1, 0.15) is 10.4 Å². The lowest BCUT2D eigenvalue weighted by Gasteiger charge is -2.07. The van der Waals surface area contributed by atoms with Crippen LogP contribution in [0.2, 0.25) is 0 Å². The molecule has 5 nitrogen and oxygen atoms in total. The van der Waals surface area contributed by atoms with Crippen LogP contribution in [0.4, 0.5) is 10.1 Å². The zero-order valence-electron chi connectivity index (χ0n) is 8.74. The number of esters is 1. The summed E-state index contributed by atoms with van der Waals surface area (Å²) in [7, 11) is -2.60. The van der Waals surface area contributed by atoms with Gasteiger partial charge in [-0.05, 0) is 18.2 Å². The Hall–Kier alpha value is -1.34. The van der Waals surface area contributed by atoms with E-state index in [2.05, 4.69) is 9.46 Å². The molecule has 0 aliphatic carbocycles. The minimum atomic E-state index is -3.69. The number of carbonyl (C=O) groups excluding carboxylic acids is 1. The average Bonchev–Trinajstić information content (AvgIpc) is 2.30. The molecule has 0 spiro atoms. The highest BCUT2D eigenvalue weighted by Crippen LogP contribution is 2.17. The van der Waals surface area contributed by atoms with Crippen LogP contribution in [0.5, 0.6) is 0 Å². The van der Waals surface area contributed by atoms with Gasteiger partial charge >= 0.3 is 5.97 Å². The average molecular weight is 282 g/mol. The van der Waals surface area contributed by atoms with Crippen molar-refractivity contribution in [2.75, 3.05) is 17.0 Å². The quantitative estimate of drug-likeness (QED) is 0.671. The number of anilines is 1. The number of rotatable bonds is 4. The second-order valence-corrected chi connectivity index (χ2v) is 5.32. The third kappa shape index (κ3) is 3.57. The Morgan fingerprint density at radius 3 is 2.71 bits per heavy atom. The van der Waals surface area contributed by atoms with Crippen molar-refractivity contribution in [3.05, 3.63) is 29.6 Å². The fourth-order valence-corrected chi connectivity index (χ4v) is 1.77. The topological polar surface area (TPSA) is 72.5 Å². The van der Waals surface area contributed by atoms with Crippen LogP contribution >= 0.6 is 11.6 Å². The van der Waals surface area contributed by atoms with Gasteiger partial charge in [-0.15, -0.1) is 11.6 Å².